The molecule has 2 unspecified atom stereocenters. The summed E-state index contributed by atoms with van der Waals surface area (Å²) < 4.78 is 22.7. The molecule has 1 aromatic rings. The summed E-state index contributed by atoms with van der Waals surface area (Å²) in [5.74, 6) is -0.624. The summed E-state index contributed by atoms with van der Waals surface area (Å²) in [6, 6.07) is 9.99. The van der Waals surface area contributed by atoms with Gasteiger partial charge >= 0.3 is 5.97 Å². The van der Waals surface area contributed by atoms with E-state index in [1.54, 1.807) is 14.0 Å². The summed E-state index contributed by atoms with van der Waals surface area (Å²) >= 11 is 0. The van der Waals surface area contributed by atoms with Gasteiger partial charge in [0.1, 0.15) is 0 Å². The number of carbonyl (C=O) groups is 1. The molecule has 0 N–H and O–H groups in total. The van der Waals surface area contributed by atoms with Crippen LogP contribution in [-0.4, -0.2) is 44.1 Å². The molecule has 1 aliphatic rings. The van der Waals surface area contributed by atoms with E-state index in [4.69, 9.17) is 18.9 Å². The van der Waals surface area contributed by atoms with Gasteiger partial charge in [-0.2, -0.15) is 0 Å². The average molecular weight is 336 g/mol. The van der Waals surface area contributed by atoms with Crippen LogP contribution >= 0.6 is 0 Å². The Balaban J connectivity index is 2.04. The molecule has 0 aliphatic carbocycles. The lowest BCUT2D eigenvalue weighted by Gasteiger charge is -2.24. The number of methoxy groups -OCH3 is 1. The van der Waals surface area contributed by atoms with E-state index < -0.39 is 0 Å². The lowest BCUT2D eigenvalue weighted by molar-refractivity contribution is -0.157. The van der Waals surface area contributed by atoms with Crippen molar-refractivity contribution in [3.8, 4) is 0 Å². The van der Waals surface area contributed by atoms with Crippen molar-refractivity contribution in [1.82, 2.24) is 0 Å². The zero-order valence-corrected chi connectivity index (χ0v) is 14.9. The van der Waals surface area contributed by atoms with E-state index in [0.717, 1.165) is 5.56 Å². The Morgan fingerprint density at radius 3 is 2.62 bits per heavy atom. The quantitative estimate of drug-likeness (QED) is 0.683. The minimum Gasteiger partial charge on any atom is -0.466 e. The Morgan fingerprint density at radius 2 is 2.00 bits per heavy atom. The van der Waals surface area contributed by atoms with Crippen molar-refractivity contribution in [3.05, 3.63) is 35.9 Å². The van der Waals surface area contributed by atoms with Crippen LogP contribution in [0.3, 0.4) is 0 Å². The lowest BCUT2D eigenvalue weighted by Crippen LogP contribution is -2.36. The Hall–Kier alpha value is -1.43. The molecule has 134 valence electrons. The number of hydrogen-bond donors (Lipinski definition) is 0. The van der Waals surface area contributed by atoms with Crippen molar-refractivity contribution < 1.29 is 23.7 Å². The van der Waals surface area contributed by atoms with Crippen LogP contribution in [0.4, 0.5) is 0 Å². The van der Waals surface area contributed by atoms with E-state index in [9.17, 15) is 4.79 Å². The summed E-state index contributed by atoms with van der Waals surface area (Å²) in [7, 11) is 1.66. The first-order valence-electron chi connectivity index (χ1n) is 8.57. The molecule has 1 fully saturated rings. The monoisotopic (exact) mass is 336 g/mol. The van der Waals surface area contributed by atoms with Gasteiger partial charge in [0.15, 0.2) is 0 Å². The molecule has 1 saturated heterocycles. The zero-order chi connectivity index (χ0) is 17.5. The normalized spacial score (nSPS) is 26.1. The van der Waals surface area contributed by atoms with Crippen molar-refractivity contribution in [3.63, 3.8) is 0 Å². The fourth-order valence-corrected chi connectivity index (χ4v) is 2.95. The fraction of sp³-hybridized carbons (Fsp3) is 0.632. The molecule has 1 aromatic carbocycles. The largest absolute Gasteiger partial charge is 0.466 e. The van der Waals surface area contributed by atoms with Gasteiger partial charge in [-0.3, -0.25) is 4.79 Å². The highest BCUT2D eigenvalue weighted by Crippen LogP contribution is 2.32. The van der Waals surface area contributed by atoms with Gasteiger partial charge in [-0.15, -0.1) is 0 Å². The Morgan fingerprint density at radius 1 is 1.29 bits per heavy atom. The number of rotatable bonds is 8. The maximum atomic E-state index is 12.1. The van der Waals surface area contributed by atoms with Crippen LogP contribution < -0.4 is 0 Å². The summed E-state index contributed by atoms with van der Waals surface area (Å²) in [5.41, 5.74) is 1.10. The summed E-state index contributed by atoms with van der Waals surface area (Å²) in [4.78, 5) is 12.1. The third kappa shape index (κ3) is 4.79. The molecule has 1 aliphatic heterocycles. The lowest BCUT2D eigenvalue weighted by atomic mass is 9.98. The Labute approximate surface area is 144 Å². The van der Waals surface area contributed by atoms with Crippen molar-refractivity contribution in [2.24, 2.45) is 5.92 Å². The van der Waals surface area contributed by atoms with E-state index in [0.29, 0.717) is 19.6 Å². The molecule has 0 aromatic heterocycles. The van der Waals surface area contributed by atoms with Crippen LogP contribution in [0.15, 0.2) is 30.3 Å². The molecule has 5 heteroatoms. The molecule has 0 spiro atoms. The van der Waals surface area contributed by atoms with Crippen LogP contribution in [0.1, 0.15) is 32.8 Å². The topological polar surface area (TPSA) is 54.0 Å². The molecular weight excluding hydrogens is 308 g/mol. The molecule has 2 rings (SSSR count). The second-order valence-electron chi connectivity index (χ2n) is 6.19. The van der Waals surface area contributed by atoms with Crippen LogP contribution in [0, 0.1) is 5.92 Å². The maximum absolute atomic E-state index is 12.1. The van der Waals surface area contributed by atoms with Gasteiger partial charge in [-0.1, -0.05) is 30.3 Å². The number of hydrogen-bond acceptors (Lipinski definition) is 5. The van der Waals surface area contributed by atoms with Gasteiger partial charge in [0.25, 0.3) is 0 Å². The standard InChI is InChI=1S/C19H28O5/c1-5-22-19(20)13(2)18-17(11-16(24-18)14(3)21-4)23-12-15-9-7-6-8-10-15/h6-10,13-14,16-18H,5,11-12H2,1-4H3/t13?,14-,16-,17-,18?/m1/s1. The van der Waals surface area contributed by atoms with Gasteiger partial charge in [0.2, 0.25) is 0 Å². The minimum absolute atomic E-state index is 0.0489. The van der Waals surface area contributed by atoms with E-state index in [1.165, 1.54) is 0 Å². The molecule has 24 heavy (non-hydrogen) atoms. The number of ether oxygens (including phenoxy) is 4. The van der Waals surface area contributed by atoms with E-state index in [2.05, 4.69) is 0 Å². The fourth-order valence-electron chi connectivity index (χ4n) is 2.95. The Bertz CT molecular complexity index is 504. The predicted octanol–water partition coefficient (Wildman–Crippen LogP) is 2.96. The highest BCUT2D eigenvalue weighted by molar-refractivity contribution is 5.72. The molecule has 0 saturated carbocycles. The van der Waals surface area contributed by atoms with Crippen molar-refractivity contribution in [1.29, 1.82) is 0 Å². The summed E-state index contributed by atoms with van der Waals surface area (Å²) in [6.07, 6.45) is 0.0865. The van der Waals surface area contributed by atoms with E-state index >= 15 is 0 Å². The van der Waals surface area contributed by atoms with Crippen LogP contribution in [0.5, 0.6) is 0 Å². The van der Waals surface area contributed by atoms with Gasteiger partial charge in [0, 0.05) is 13.5 Å². The van der Waals surface area contributed by atoms with Gasteiger partial charge in [-0.05, 0) is 26.3 Å². The number of benzene rings is 1. The predicted molar refractivity (Wildman–Crippen MR) is 90.6 cm³/mol. The first kappa shape index (κ1) is 18.9. The maximum Gasteiger partial charge on any atom is 0.311 e. The highest BCUT2D eigenvalue weighted by Gasteiger charge is 2.44. The summed E-state index contributed by atoms with van der Waals surface area (Å²) in [6.45, 7) is 6.47. The second-order valence-corrected chi connectivity index (χ2v) is 6.19. The van der Waals surface area contributed by atoms with Crippen LogP contribution in [-0.2, 0) is 30.3 Å². The third-order valence-corrected chi connectivity index (χ3v) is 4.52. The molecule has 5 atom stereocenters. The van der Waals surface area contributed by atoms with Gasteiger partial charge < -0.3 is 18.9 Å². The molecular formula is C19H28O5. The smallest absolute Gasteiger partial charge is 0.311 e. The summed E-state index contributed by atoms with van der Waals surface area (Å²) in [5, 5.41) is 0. The molecule has 0 amide bonds. The van der Waals surface area contributed by atoms with Crippen LogP contribution in [0.25, 0.3) is 0 Å². The average Bonchev–Trinajstić information content (AvgIpc) is 3.04. The van der Waals surface area contributed by atoms with Crippen molar-refractivity contribution >= 4 is 5.97 Å². The highest BCUT2D eigenvalue weighted by atomic mass is 16.6. The molecule has 5 nitrogen and oxygen atoms in total. The molecule has 1 heterocycles. The van der Waals surface area contributed by atoms with Crippen molar-refractivity contribution in [2.45, 2.75) is 58.2 Å². The van der Waals surface area contributed by atoms with Crippen LogP contribution in [0.2, 0.25) is 0 Å². The van der Waals surface area contributed by atoms with Crippen molar-refractivity contribution in [2.75, 3.05) is 13.7 Å². The number of carbonyl (C=O) groups excluding carboxylic acids is 1. The van der Waals surface area contributed by atoms with Gasteiger partial charge in [-0.25, -0.2) is 0 Å². The van der Waals surface area contributed by atoms with Gasteiger partial charge in [0.05, 0.1) is 43.5 Å². The molecule has 0 radical (unpaired) electrons. The third-order valence-electron chi connectivity index (χ3n) is 4.52. The SMILES string of the molecule is CCOC(=O)C(C)C1O[C@@H]([C@@H](C)OC)C[C@H]1OCc1ccccc1. The zero-order valence-electron chi connectivity index (χ0n) is 14.9. The van der Waals surface area contributed by atoms with E-state index in [-0.39, 0.29) is 36.3 Å². The Kier molecular flexibility index (Phi) is 7.21. The molecule has 0 bridgehead atoms. The number of esters is 1. The van der Waals surface area contributed by atoms with E-state index in [1.807, 2.05) is 44.2 Å². The first-order valence-corrected chi connectivity index (χ1v) is 8.57. The second kappa shape index (κ2) is 9.16. The first-order chi connectivity index (χ1) is 11.6. The minimum atomic E-state index is -0.375.